The summed E-state index contributed by atoms with van der Waals surface area (Å²) in [4.78, 5) is 8.55. The number of hydrogen-bond acceptors (Lipinski definition) is 4. The quantitative estimate of drug-likeness (QED) is 0.566. The Labute approximate surface area is 96.8 Å². The highest BCUT2D eigenvalue weighted by atomic mass is 16.5. The van der Waals surface area contributed by atoms with Crippen LogP contribution in [0.5, 0.6) is 0 Å². The van der Waals surface area contributed by atoms with Crippen LogP contribution in [0.1, 0.15) is 17.8 Å². The topological polar surface area (TPSA) is 47.0 Å². The lowest BCUT2D eigenvalue weighted by atomic mass is 10.4. The Kier molecular flexibility index (Phi) is 5.50. The maximum atomic E-state index is 5.37. The first-order valence-electron chi connectivity index (χ1n) is 5.47. The first-order valence-corrected chi connectivity index (χ1v) is 5.47. The lowest BCUT2D eigenvalue weighted by molar-refractivity contribution is 0.148. The van der Waals surface area contributed by atoms with Gasteiger partial charge >= 0.3 is 0 Å². The fraction of sp³-hybridized carbons (Fsp3) is 0.500. The van der Waals surface area contributed by atoms with Crippen LogP contribution in [0.15, 0.2) is 18.7 Å². The summed E-state index contributed by atoms with van der Waals surface area (Å²) >= 11 is 0. The number of hydrogen-bond donors (Lipinski definition) is 1. The number of nitrogens with one attached hydrogen (secondary N) is 1. The molecule has 0 spiro atoms. The van der Waals surface area contributed by atoms with Crippen molar-refractivity contribution in [2.75, 3.05) is 25.1 Å². The van der Waals surface area contributed by atoms with E-state index in [1.165, 1.54) is 0 Å². The first-order chi connectivity index (χ1) is 7.72. The molecule has 1 heterocycles. The van der Waals surface area contributed by atoms with Crippen LogP contribution in [0.2, 0.25) is 0 Å². The SMILES string of the molecule is C=CCCOCCNc1nc(C)cc(C)n1. The van der Waals surface area contributed by atoms with Crippen LogP contribution in [-0.2, 0) is 4.74 Å². The van der Waals surface area contributed by atoms with Crippen molar-refractivity contribution in [1.82, 2.24) is 9.97 Å². The monoisotopic (exact) mass is 221 g/mol. The largest absolute Gasteiger partial charge is 0.379 e. The van der Waals surface area contributed by atoms with Crippen LogP contribution >= 0.6 is 0 Å². The number of nitrogens with zero attached hydrogens (tertiary/aromatic N) is 2. The smallest absolute Gasteiger partial charge is 0.223 e. The molecule has 0 atom stereocenters. The maximum Gasteiger partial charge on any atom is 0.223 e. The third-order valence-electron chi connectivity index (χ3n) is 1.98. The minimum Gasteiger partial charge on any atom is -0.379 e. The highest BCUT2D eigenvalue weighted by Crippen LogP contribution is 2.02. The molecule has 0 aliphatic rings. The van der Waals surface area contributed by atoms with Crippen molar-refractivity contribution >= 4 is 5.95 Å². The van der Waals surface area contributed by atoms with Crippen LogP contribution in [0.3, 0.4) is 0 Å². The molecule has 0 bridgehead atoms. The summed E-state index contributed by atoms with van der Waals surface area (Å²) in [6.45, 7) is 9.65. The van der Waals surface area contributed by atoms with Gasteiger partial charge in [0.05, 0.1) is 13.2 Å². The highest BCUT2D eigenvalue weighted by Gasteiger charge is 1.97. The first kappa shape index (κ1) is 12.6. The highest BCUT2D eigenvalue weighted by molar-refractivity contribution is 5.27. The van der Waals surface area contributed by atoms with E-state index in [9.17, 15) is 0 Å². The molecule has 1 aromatic rings. The molecule has 4 nitrogen and oxygen atoms in total. The molecule has 0 unspecified atom stereocenters. The van der Waals surface area contributed by atoms with E-state index in [4.69, 9.17) is 4.74 Å². The second-order valence-electron chi connectivity index (χ2n) is 3.59. The predicted molar refractivity (Wildman–Crippen MR) is 65.6 cm³/mol. The van der Waals surface area contributed by atoms with E-state index >= 15 is 0 Å². The van der Waals surface area contributed by atoms with E-state index in [0.717, 1.165) is 31.0 Å². The molecule has 0 fully saturated rings. The van der Waals surface area contributed by atoms with Gasteiger partial charge in [-0.1, -0.05) is 6.08 Å². The minimum absolute atomic E-state index is 0.657. The molecule has 1 aromatic heterocycles. The van der Waals surface area contributed by atoms with E-state index in [2.05, 4.69) is 21.9 Å². The fourth-order valence-electron chi connectivity index (χ4n) is 1.31. The Morgan fingerprint density at radius 3 is 2.62 bits per heavy atom. The van der Waals surface area contributed by atoms with E-state index < -0.39 is 0 Å². The van der Waals surface area contributed by atoms with Gasteiger partial charge in [0.15, 0.2) is 0 Å². The Morgan fingerprint density at radius 2 is 2.00 bits per heavy atom. The zero-order valence-corrected chi connectivity index (χ0v) is 9.99. The second-order valence-corrected chi connectivity index (χ2v) is 3.59. The average Bonchev–Trinajstić information content (AvgIpc) is 2.22. The molecule has 0 saturated heterocycles. The number of rotatable bonds is 7. The standard InChI is InChI=1S/C12H19N3O/c1-4-5-7-16-8-6-13-12-14-10(2)9-11(3)15-12/h4,9H,1,5-8H2,2-3H3,(H,13,14,15). The molecule has 1 rings (SSSR count). The molecule has 0 amide bonds. The van der Waals surface area contributed by atoms with Gasteiger partial charge in [0.25, 0.3) is 0 Å². The third kappa shape index (κ3) is 4.89. The van der Waals surface area contributed by atoms with Crippen molar-refractivity contribution in [1.29, 1.82) is 0 Å². The Hall–Kier alpha value is -1.42. The van der Waals surface area contributed by atoms with Crippen LogP contribution in [0, 0.1) is 13.8 Å². The Balaban J connectivity index is 2.23. The van der Waals surface area contributed by atoms with Gasteiger partial charge in [-0.25, -0.2) is 9.97 Å². The van der Waals surface area contributed by atoms with E-state index in [-0.39, 0.29) is 0 Å². The summed E-state index contributed by atoms with van der Waals surface area (Å²) in [5.74, 6) is 0.671. The summed E-state index contributed by atoms with van der Waals surface area (Å²) in [6, 6.07) is 1.95. The Bertz CT molecular complexity index is 319. The van der Waals surface area contributed by atoms with E-state index in [0.29, 0.717) is 12.6 Å². The molecule has 1 N–H and O–H groups in total. The predicted octanol–water partition coefficient (Wildman–Crippen LogP) is 2.10. The number of aromatic nitrogens is 2. The van der Waals surface area contributed by atoms with Gasteiger partial charge in [0.2, 0.25) is 5.95 Å². The molecule has 4 heteroatoms. The van der Waals surface area contributed by atoms with Gasteiger partial charge in [0, 0.05) is 17.9 Å². The lowest BCUT2D eigenvalue weighted by Crippen LogP contribution is -2.12. The van der Waals surface area contributed by atoms with E-state index in [1.54, 1.807) is 0 Å². The second kappa shape index (κ2) is 6.95. The fourth-order valence-corrected chi connectivity index (χ4v) is 1.31. The third-order valence-corrected chi connectivity index (χ3v) is 1.98. The Morgan fingerprint density at radius 1 is 1.31 bits per heavy atom. The van der Waals surface area contributed by atoms with Crippen molar-refractivity contribution in [3.05, 3.63) is 30.1 Å². The van der Waals surface area contributed by atoms with Crippen molar-refractivity contribution in [3.63, 3.8) is 0 Å². The molecule has 0 aromatic carbocycles. The van der Waals surface area contributed by atoms with Crippen LogP contribution in [-0.4, -0.2) is 29.7 Å². The summed E-state index contributed by atoms with van der Waals surface area (Å²) in [6.07, 6.45) is 2.74. The van der Waals surface area contributed by atoms with Crippen LogP contribution < -0.4 is 5.32 Å². The van der Waals surface area contributed by atoms with Gasteiger partial charge in [-0.15, -0.1) is 6.58 Å². The molecular formula is C12H19N3O. The van der Waals surface area contributed by atoms with Crippen LogP contribution in [0.4, 0.5) is 5.95 Å². The molecule has 16 heavy (non-hydrogen) atoms. The molecule has 0 radical (unpaired) electrons. The maximum absolute atomic E-state index is 5.37. The molecule has 0 aliphatic carbocycles. The van der Waals surface area contributed by atoms with Gasteiger partial charge in [-0.2, -0.15) is 0 Å². The van der Waals surface area contributed by atoms with Crippen LogP contribution in [0.25, 0.3) is 0 Å². The summed E-state index contributed by atoms with van der Waals surface area (Å²) in [5, 5.41) is 3.13. The van der Waals surface area contributed by atoms with Crippen molar-refractivity contribution in [2.24, 2.45) is 0 Å². The molecule has 0 saturated carbocycles. The number of anilines is 1. The lowest BCUT2D eigenvalue weighted by Gasteiger charge is -2.06. The van der Waals surface area contributed by atoms with Crippen molar-refractivity contribution < 1.29 is 4.74 Å². The molecule has 88 valence electrons. The van der Waals surface area contributed by atoms with Crippen molar-refractivity contribution in [3.8, 4) is 0 Å². The average molecular weight is 221 g/mol. The van der Waals surface area contributed by atoms with Crippen molar-refractivity contribution in [2.45, 2.75) is 20.3 Å². The number of ether oxygens (including phenoxy) is 1. The van der Waals surface area contributed by atoms with Gasteiger partial charge < -0.3 is 10.1 Å². The van der Waals surface area contributed by atoms with Gasteiger partial charge in [-0.3, -0.25) is 0 Å². The zero-order chi connectivity index (χ0) is 11.8. The normalized spacial score (nSPS) is 10.1. The summed E-state index contributed by atoms with van der Waals surface area (Å²) in [7, 11) is 0. The molecule has 0 aliphatic heterocycles. The van der Waals surface area contributed by atoms with Gasteiger partial charge in [-0.05, 0) is 26.3 Å². The van der Waals surface area contributed by atoms with E-state index in [1.807, 2.05) is 26.0 Å². The zero-order valence-electron chi connectivity index (χ0n) is 9.99. The summed E-state index contributed by atoms with van der Waals surface area (Å²) < 4.78 is 5.37. The van der Waals surface area contributed by atoms with Gasteiger partial charge in [0.1, 0.15) is 0 Å². The number of aryl methyl sites for hydroxylation is 2. The molecular weight excluding hydrogens is 202 g/mol. The minimum atomic E-state index is 0.657. The summed E-state index contributed by atoms with van der Waals surface area (Å²) in [5.41, 5.74) is 1.95.